The third-order valence-corrected chi connectivity index (χ3v) is 4.06. The van der Waals surface area contributed by atoms with Crippen molar-refractivity contribution in [3.05, 3.63) is 35.6 Å². The van der Waals surface area contributed by atoms with Crippen LogP contribution >= 0.6 is 0 Å². The fourth-order valence-electron chi connectivity index (χ4n) is 2.92. The molecule has 0 amide bonds. The second-order valence-corrected chi connectivity index (χ2v) is 5.53. The summed E-state index contributed by atoms with van der Waals surface area (Å²) in [5.41, 5.74) is 2.31. The third-order valence-electron chi connectivity index (χ3n) is 4.06. The van der Waals surface area contributed by atoms with E-state index >= 15 is 0 Å². The highest BCUT2D eigenvalue weighted by atomic mass is 16.3. The Morgan fingerprint density at radius 1 is 1.33 bits per heavy atom. The summed E-state index contributed by atoms with van der Waals surface area (Å²) in [6.07, 6.45) is 3.72. The molecule has 1 aliphatic heterocycles. The van der Waals surface area contributed by atoms with Crippen LogP contribution in [0.3, 0.4) is 0 Å². The van der Waals surface area contributed by atoms with E-state index in [2.05, 4.69) is 43.0 Å². The van der Waals surface area contributed by atoms with Crippen molar-refractivity contribution in [1.82, 2.24) is 4.90 Å². The summed E-state index contributed by atoms with van der Waals surface area (Å²) in [5, 5.41) is 1.24. The predicted molar refractivity (Wildman–Crippen MR) is 74.9 cm³/mol. The Morgan fingerprint density at radius 3 is 3.00 bits per heavy atom. The number of benzene rings is 1. The summed E-state index contributed by atoms with van der Waals surface area (Å²) in [5.74, 6) is 1.12. The van der Waals surface area contributed by atoms with Crippen LogP contribution in [0.15, 0.2) is 28.7 Å². The highest BCUT2D eigenvalue weighted by Gasteiger charge is 2.19. The van der Waals surface area contributed by atoms with Gasteiger partial charge >= 0.3 is 0 Å². The van der Waals surface area contributed by atoms with E-state index in [1.807, 2.05) is 0 Å². The van der Waals surface area contributed by atoms with Gasteiger partial charge in [0.1, 0.15) is 11.3 Å². The van der Waals surface area contributed by atoms with E-state index in [1.165, 1.54) is 30.3 Å². The average molecular weight is 243 g/mol. The maximum absolute atomic E-state index is 5.89. The molecule has 1 aromatic heterocycles. The first-order valence-electron chi connectivity index (χ1n) is 6.95. The van der Waals surface area contributed by atoms with E-state index in [0.717, 1.165) is 30.4 Å². The quantitative estimate of drug-likeness (QED) is 0.816. The van der Waals surface area contributed by atoms with E-state index in [1.54, 1.807) is 0 Å². The number of aryl methyl sites for hydroxylation is 1. The molecule has 0 unspecified atom stereocenters. The Balaban J connectivity index is 1.71. The van der Waals surface area contributed by atoms with E-state index in [-0.39, 0.29) is 0 Å². The Morgan fingerprint density at radius 2 is 2.22 bits per heavy atom. The molecule has 1 saturated heterocycles. The molecule has 0 radical (unpaired) electrons. The van der Waals surface area contributed by atoms with Gasteiger partial charge in [0.2, 0.25) is 0 Å². The smallest absolute Gasteiger partial charge is 0.134 e. The predicted octanol–water partition coefficient (Wildman–Crippen LogP) is 3.77. The van der Waals surface area contributed by atoms with Crippen LogP contribution in [0.4, 0.5) is 0 Å². The number of rotatable bonds is 3. The van der Waals surface area contributed by atoms with Crippen molar-refractivity contribution < 1.29 is 4.42 Å². The van der Waals surface area contributed by atoms with Gasteiger partial charge in [-0.3, -0.25) is 0 Å². The Bertz CT molecular complexity index is 543. The van der Waals surface area contributed by atoms with E-state index in [9.17, 15) is 0 Å². The maximum atomic E-state index is 5.89. The van der Waals surface area contributed by atoms with Crippen LogP contribution in [-0.2, 0) is 6.42 Å². The second kappa shape index (κ2) is 4.77. The van der Waals surface area contributed by atoms with Crippen LogP contribution < -0.4 is 0 Å². The number of nitrogens with zero attached hydrogens (tertiary/aromatic N) is 1. The summed E-state index contributed by atoms with van der Waals surface area (Å²) < 4.78 is 5.89. The molecule has 1 aliphatic rings. The van der Waals surface area contributed by atoms with E-state index < -0.39 is 0 Å². The molecule has 2 heteroatoms. The zero-order valence-electron chi connectivity index (χ0n) is 11.3. The lowest BCUT2D eigenvalue weighted by atomic mass is 10.2. The van der Waals surface area contributed by atoms with Crippen LogP contribution in [-0.4, -0.2) is 24.0 Å². The van der Waals surface area contributed by atoms with Crippen LogP contribution in [0.5, 0.6) is 0 Å². The molecule has 18 heavy (non-hydrogen) atoms. The van der Waals surface area contributed by atoms with Gasteiger partial charge in [-0.1, -0.05) is 11.6 Å². The number of hydrogen-bond acceptors (Lipinski definition) is 2. The Labute approximate surface area is 109 Å². The van der Waals surface area contributed by atoms with Crippen molar-refractivity contribution >= 4 is 11.0 Å². The molecule has 0 saturated carbocycles. The molecular weight excluding hydrogens is 222 g/mol. The first-order chi connectivity index (χ1) is 8.72. The minimum absolute atomic E-state index is 0.747. The normalized spacial score (nSPS) is 20.9. The fourth-order valence-corrected chi connectivity index (χ4v) is 2.92. The first kappa shape index (κ1) is 11.8. The van der Waals surface area contributed by atoms with E-state index in [0.29, 0.717) is 0 Å². The maximum Gasteiger partial charge on any atom is 0.134 e. The zero-order valence-corrected chi connectivity index (χ0v) is 11.3. The lowest BCUT2D eigenvalue weighted by Crippen LogP contribution is -2.28. The lowest BCUT2D eigenvalue weighted by molar-refractivity contribution is 0.266. The summed E-state index contributed by atoms with van der Waals surface area (Å²) in [6, 6.07) is 9.32. The molecule has 0 N–H and O–H groups in total. The van der Waals surface area contributed by atoms with Gasteiger partial charge in [0.05, 0.1) is 0 Å². The SMILES string of the molecule is Cc1ccc2oc(CCN3CCC[C@H]3C)cc2c1. The molecule has 96 valence electrons. The van der Waals surface area contributed by atoms with Gasteiger partial charge in [0.15, 0.2) is 0 Å². The van der Waals surface area contributed by atoms with Gasteiger partial charge in [-0.2, -0.15) is 0 Å². The monoisotopic (exact) mass is 243 g/mol. The van der Waals surface area contributed by atoms with Crippen LogP contribution in [0, 0.1) is 6.92 Å². The molecule has 0 aliphatic carbocycles. The van der Waals surface area contributed by atoms with Crippen molar-refractivity contribution in [2.24, 2.45) is 0 Å². The highest BCUT2D eigenvalue weighted by molar-refractivity contribution is 5.78. The molecule has 2 heterocycles. The zero-order chi connectivity index (χ0) is 12.5. The summed E-state index contributed by atoms with van der Waals surface area (Å²) >= 11 is 0. The summed E-state index contributed by atoms with van der Waals surface area (Å²) in [6.45, 7) is 6.83. The molecule has 3 rings (SSSR count). The average Bonchev–Trinajstić information content (AvgIpc) is 2.92. The topological polar surface area (TPSA) is 16.4 Å². The third kappa shape index (κ3) is 2.30. The first-order valence-corrected chi connectivity index (χ1v) is 6.95. The van der Waals surface area contributed by atoms with Gasteiger partial charge in [-0.25, -0.2) is 0 Å². The molecule has 2 nitrogen and oxygen atoms in total. The van der Waals surface area contributed by atoms with E-state index in [4.69, 9.17) is 4.42 Å². The highest BCUT2D eigenvalue weighted by Crippen LogP contribution is 2.22. The number of fused-ring (bicyclic) bond motifs is 1. The number of likely N-dealkylation sites (tertiary alicyclic amines) is 1. The minimum atomic E-state index is 0.747. The molecule has 1 fully saturated rings. The Hall–Kier alpha value is -1.28. The molecule has 1 aromatic carbocycles. The fraction of sp³-hybridized carbons (Fsp3) is 0.500. The van der Waals surface area contributed by atoms with Crippen molar-refractivity contribution in [2.45, 2.75) is 39.2 Å². The molecule has 1 atom stereocenters. The van der Waals surface area contributed by atoms with Crippen LogP contribution in [0.1, 0.15) is 31.1 Å². The summed E-state index contributed by atoms with van der Waals surface area (Å²) in [7, 11) is 0. The molecule has 2 aromatic rings. The van der Waals surface area contributed by atoms with Gasteiger partial charge in [-0.15, -0.1) is 0 Å². The number of hydrogen-bond donors (Lipinski definition) is 0. The van der Waals surface area contributed by atoms with Crippen molar-refractivity contribution in [2.75, 3.05) is 13.1 Å². The van der Waals surface area contributed by atoms with Gasteiger partial charge in [0, 0.05) is 24.4 Å². The van der Waals surface area contributed by atoms with Crippen molar-refractivity contribution in [3.63, 3.8) is 0 Å². The van der Waals surface area contributed by atoms with Crippen molar-refractivity contribution in [1.29, 1.82) is 0 Å². The molecule has 0 spiro atoms. The molecular formula is C16H21NO. The van der Waals surface area contributed by atoms with Crippen LogP contribution in [0.2, 0.25) is 0 Å². The van der Waals surface area contributed by atoms with Crippen LogP contribution in [0.25, 0.3) is 11.0 Å². The van der Waals surface area contributed by atoms with Gasteiger partial charge in [-0.05, 0) is 51.4 Å². The van der Waals surface area contributed by atoms with Gasteiger partial charge < -0.3 is 9.32 Å². The van der Waals surface area contributed by atoms with Gasteiger partial charge in [0.25, 0.3) is 0 Å². The van der Waals surface area contributed by atoms with Crippen molar-refractivity contribution in [3.8, 4) is 0 Å². The second-order valence-electron chi connectivity index (χ2n) is 5.53. The molecule has 0 bridgehead atoms. The minimum Gasteiger partial charge on any atom is -0.461 e. The Kier molecular flexibility index (Phi) is 3.13. The lowest BCUT2D eigenvalue weighted by Gasteiger charge is -2.19. The number of furan rings is 1. The largest absolute Gasteiger partial charge is 0.461 e. The standard InChI is InChI=1S/C16H21NO/c1-12-5-6-16-14(10-12)11-15(18-16)7-9-17-8-3-4-13(17)2/h5-6,10-11,13H,3-4,7-9H2,1-2H3/t13-/m1/s1. The summed E-state index contributed by atoms with van der Waals surface area (Å²) in [4.78, 5) is 2.57.